The Labute approximate surface area is 135 Å². The molecule has 0 unspecified atom stereocenters. The van der Waals surface area contributed by atoms with Crippen molar-refractivity contribution in [3.8, 4) is 0 Å². The maximum absolute atomic E-state index is 14.1. The number of nitrogens with two attached hydrogens (primary N) is 1. The van der Waals surface area contributed by atoms with Gasteiger partial charge in [0, 0.05) is 10.0 Å². The van der Waals surface area contributed by atoms with Gasteiger partial charge in [0.15, 0.2) is 5.82 Å². The van der Waals surface area contributed by atoms with Gasteiger partial charge in [-0.05, 0) is 52.7 Å². The third-order valence-corrected chi connectivity index (χ3v) is 4.09. The molecule has 0 fully saturated rings. The van der Waals surface area contributed by atoms with Gasteiger partial charge in [-0.1, -0.05) is 29.3 Å². The van der Waals surface area contributed by atoms with E-state index in [1.165, 1.54) is 0 Å². The van der Waals surface area contributed by atoms with E-state index in [2.05, 4.69) is 21.2 Å². The first kappa shape index (κ1) is 15.4. The fourth-order valence-electron chi connectivity index (χ4n) is 1.86. The molecule has 20 heavy (non-hydrogen) atoms. The first-order valence-electron chi connectivity index (χ1n) is 5.85. The Hall–Kier alpha value is -0.970. The Morgan fingerprint density at radius 3 is 2.60 bits per heavy atom. The van der Waals surface area contributed by atoms with E-state index in [9.17, 15) is 4.39 Å². The Kier molecular flexibility index (Phi) is 4.78. The fourth-order valence-corrected chi connectivity index (χ4v) is 2.76. The molecule has 0 amide bonds. The molecule has 0 bridgehead atoms. The Morgan fingerprint density at radius 1 is 1.25 bits per heavy atom. The molecule has 6 heteroatoms. The van der Waals surface area contributed by atoms with Crippen molar-refractivity contribution in [3.05, 3.63) is 56.2 Å². The van der Waals surface area contributed by atoms with Gasteiger partial charge in [-0.2, -0.15) is 0 Å². The summed E-state index contributed by atoms with van der Waals surface area (Å²) in [5.41, 5.74) is 7.20. The second kappa shape index (κ2) is 6.20. The molecule has 0 heterocycles. The Balaban J connectivity index is 2.32. The minimum absolute atomic E-state index is 0.217. The molecular weight excluding hydrogens is 366 g/mol. The van der Waals surface area contributed by atoms with Gasteiger partial charge in [-0.25, -0.2) is 4.39 Å². The summed E-state index contributed by atoms with van der Waals surface area (Å²) in [5, 5.41) is 4.11. The van der Waals surface area contributed by atoms with Gasteiger partial charge in [0.2, 0.25) is 0 Å². The predicted octanol–water partition coefficient (Wildman–Crippen LogP) is 5.65. The zero-order valence-electron chi connectivity index (χ0n) is 10.6. The number of anilines is 2. The molecule has 0 spiro atoms. The second-order valence-corrected chi connectivity index (χ2v) is 6.06. The number of halogens is 4. The molecule has 0 radical (unpaired) electrons. The van der Waals surface area contributed by atoms with Crippen molar-refractivity contribution < 1.29 is 4.39 Å². The lowest BCUT2D eigenvalue weighted by molar-refractivity contribution is 0.621. The molecule has 0 saturated heterocycles. The van der Waals surface area contributed by atoms with E-state index in [4.69, 9.17) is 28.9 Å². The summed E-state index contributed by atoms with van der Waals surface area (Å²) in [6, 6.07) is 8.17. The van der Waals surface area contributed by atoms with Gasteiger partial charge in [0.05, 0.1) is 21.9 Å². The van der Waals surface area contributed by atoms with Crippen molar-refractivity contribution in [2.24, 2.45) is 0 Å². The number of benzene rings is 2. The van der Waals surface area contributed by atoms with Gasteiger partial charge >= 0.3 is 0 Å². The van der Waals surface area contributed by atoms with Crippen LogP contribution < -0.4 is 11.1 Å². The average molecular weight is 378 g/mol. The van der Waals surface area contributed by atoms with Crippen LogP contribution in [0.4, 0.5) is 15.8 Å². The topological polar surface area (TPSA) is 38.0 Å². The van der Waals surface area contributed by atoms with Crippen LogP contribution in [0.5, 0.6) is 0 Å². The lowest BCUT2D eigenvalue weighted by atomic mass is 10.1. The summed E-state index contributed by atoms with van der Waals surface area (Å²) in [4.78, 5) is 0. The zero-order chi connectivity index (χ0) is 14.9. The van der Waals surface area contributed by atoms with Crippen LogP contribution >= 0.6 is 39.1 Å². The number of nitrogens with one attached hydrogen (secondary N) is 1. The molecule has 2 aromatic carbocycles. The molecule has 0 aliphatic carbocycles. The highest BCUT2D eigenvalue weighted by Crippen LogP contribution is 2.33. The first-order valence-corrected chi connectivity index (χ1v) is 7.40. The molecule has 2 aromatic rings. The van der Waals surface area contributed by atoms with Crippen LogP contribution in [-0.2, 0) is 0 Å². The molecule has 106 valence electrons. The van der Waals surface area contributed by atoms with E-state index in [1.807, 2.05) is 6.92 Å². The minimum atomic E-state index is -0.429. The number of rotatable bonds is 3. The summed E-state index contributed by atoms with van der Waals surface area (Å²) >= 11 is 15.1. The average Bonchev–Trinajstić information content (AvgIpc) is 2.39. The van der Waals surface area contributed by atoms with E-state index in [-0.39, 0.29) is 11.7 Å². The van der Waals surface area contributed by atoms with Crippen LogP contribution in [0.25, 0.3) is 0 Å². The summed E-state index contributed by atoms with van der Waals surface area (Å²) in [7, 11) is 0. The smallest absolute Gasteiger partial charge is 0.162 e. The zero-order valence-corrected chi connectivity index (χ0v) is 13.7. The van der Waals surface area contributed by atoms with Crippen molar-refractivity contribution in [2.45, 2.75) is 13.0 Å². The van der Waals surface area contributed by atoms with Gasteiger partial charge in [-0.15, -0.1) is 0 Å². The van der Waals surface area contributed by atoms with Gasteiger partial charge in [-0.3, -0.25) is 0 Å². The van der Waals surface area contributed by atoms with Crippen LogP contribution in [0.1, 0.15) is 18.5 Å². The monoisotopic (exact) mass is 376 g/mol. The fraction of sp³-hybridized carbons (Fsp3) is 0.143. The Morgan fingerprint density at radius 2 is 1.95 bits per heavy atom. The van der Waals surface area contributed by atoms with Crippen molar-refractivity contribution in [2.75, 3.05) is 11.1 Å². The van der Waals surface area contributed by atoms with Gasteiger partial charge < -0.3 is 11.1 Å². The van der Waals surface area contributed by atoms with Crippen molar-refractivity contribution in [1.29, 1.82) is 0 Å². The highest BCUT2D eigenvalue weighted by Gasteiger charge is 2.15. The second-order valence-electron chi connectivity index (χ2n) is 4.36. The molecule has 3 N–H and O–H groups in total. The molecule has 2 rings (SSSR count). The molecule has 0 aromatic heterocycles. The van der Waals surface area contributed by atoms with Crippen LogP contribution in [-0.4, -0.2) is 0 Å². The minimum Gasteiger partial charge on any atom is -0.397 e. The summed E-state index contributed by atoms with van der Waals surface area (Å²) in [5.74, 6) is -0.429. The molecule has 2 nitrogen and oxygen atoms in total. The predicted molar refractivity (Wildman–Crippen MR) is 87.0 cm³/mol. The highest BCUT2D eigenvalue weighted by atomic mass is 79.9. The van der Waals surface area contributed by atoms with Crippen LogP contribution in [0.15, 0.2) is 34.8 Å². The van der Waals surface area contributed by atoms with E-state index in [1.54, 1.807) is 30.3 Å². The van der Waals surface area contributed by atoms with E-state index >= 15 is 0 Å². The third kappa shape index (κ3) is 3.19. The van der Waals surface area contributed by atoms with E-state index < -0.39 is 5.82 Å². The first-order chi connectivity index (χ1) is 9.40. The molecular formula is C14H12BrCl2FN2. The molecule has 0 aliphatic rings. The van der Waals surface area contributed by atoms with Gasteiger partial charge in [0.1, 0.15) is 0 Å². The van der Waals surface area contributed by atoms with Crippen molar-refractivity contribution in [1.82, 2.24) is 0 Å². The summed E-state index contributed by atoms with van der Waals surface area (Å²) in [6.45, 7) is 1.87. The summed E-state index contributed by atoms with van der Waals surface area (Å²) in [6.07, 6.45) is 0. The SMILES string of the molecule is C[C@@H](Nc1c(N)ccc(Br)c1F)c1ccc(Cl)cc1Cl. The van der Waals surface area contributed by atoms with Crippen LogP contribution in [0.2, 0.25) is 10.0 Å². The van der Waals surface area contributed by atoms with Crippen molar-refractivity contribution in [3.63, 3.8) is 0 Å². The van der Waals surface area contributed by atoms with Crippen molar-refractivity contribution >= 4 is 50.5 Å². The van der Waals surface area contributed by atoms with E-state index in [0.717, 1.165) is 5.56 Å². The molecule has 0 aliphatic heterocycles. The van der Waals surface area contributed by atoms with Crippen LogP contribution in [0.3, 0.4) is 0 Å². The van der Waals surface area contributed by atoms with Gasteiger partial charge in [0.25, 0.3) is 0 Å². The summed E-state index contributed by atoms with van der Waals surface area (Å²) < 4.78 is 14.4. The highest BCUT2D eigenvalue weighted by molar-refractivity contribution is 9.10. The number of nitrogen functional groups attached to an aromatic ring is 1. The lowest BCUT2D eigenvalue weighted by Gasteiger charge is -2.19. The molecule has 1 atom stereocenters. The number of hydrogen-bond donors (Lipinski definition) is 2. The normalized spacial score (nSPS) is 12.2. The third-order valence-electron chi connectivity index (χ3n) is 2.92. The largest absolute Gasteiger partial charge is 0.397 e. The van der Waals surface area contributed by atoms with Crippen LogP contribution in [0, 0.1) is 5.82 Å². The lowest BCUT2D eigenvalue weighted by Crippen LogP contribution is -2.10. The maximum atomic E-state index is 14.1. The molecule has 0 saturated carbocycles. The Bertz CT molecular complexity index is 649. The maximum Gasteiger partial charge on any atom is 0.162 e. The van der Waals surface area contributed by atoms with E-state index in [0.29, 0.717) is 20.2 Å². The quantitative estimate of drug-likeness (QED) is 0.678. The number of hydrogen-bond acceptors (Lipinski definition) is 2. The standard InChI is InChI=1S/C14H12BrCl2FN2/c1-7(9-3-2-8(16)6-11(9)17)20-14-12(19)5-4-10(15)13(14)18/h2-7,20H,19H2,1H3/t7-/m1/s1.